The van der Waals surface area contributed by atoms with Crippen LogP contribution in [0.2, 0.25) is 5.02 Å². The highest BCUT2D eigenvalue weighted by molar-refractivity contribution is 7.09. The number of phenolic OH excluding ortho intramolecular Hbond substituents is 2. The van der Waals surface area contributed by atoms with Gasteiger partial charge in [-0.2, -0.15) is 0 Å². The van der Waals surface area contributed by atoms with Crippen LogP contribution in [-0.2, 0) is 16.1 Å². The van der Waals surface area contributed by atoms with Gasteiger partial charge in [0.15, 0.2) is 0 Å². The fraction of sp³-hybridized carbons (Fsp3) is 0.0909. The first kappa shape index (κ1) is 20.0. The van der Waals surface area contributed by atoms with Crippen molar-refractivity contribution in [3.8, 4) is 11.5 Å². The maximum Gasteiger partial charge on any atom is 0.295 e. The number of hydrogen-bond acceptors (Lipinski definition) is 6. The predicted octanol–water partition coefficient (Wildman–Crippen LogP) is 4.43. The second-order valence-electron chi connectivity index (χ2n) is 6.76. The van der Waals surface area contributed by atoms with E-state index in [1.807, 2.05) is 17.5 Å². The topological polar surface area (TPSA) is 98.1 Å². The molecule has 1 unspecified atom stereocenters. The van der Waals surface area contributed by atoms with E-state index in [4.69, 9.17) is 11.6 Å². The van der Waals surface area contributed by atoms with E-state index < -0.39 is 17.7 Å². The number of ketones is 1. The molecule has 1 fully saturated rings. The Morgan fingerprint density at radius 3 is 2.43 bits per heavy atom. The van der Waals surface area contributed by atoms with Crippen LogP contribution in [0.1, 0.15) is 22.0 Å². The minimum atomic E-state index is -1.02. The van der Waals surface area contributed by atoms with Crippen molar-refractivity contribution in [2.75, 3.05) is 0 Å². The number of phenols is 2. The second-order valence-corrected chi connectivity index (χ2v) is 8.23. The summed E-state index contributed by atoms with van der Waals surface area (Å²) in [6.07, 6.45) is 0. The van der Waals surface area contributed by atoms with Crippen LogP contribution in [0.25, 0.3) is 5.76 Å². The van der Waals surface area contributed by atoms with E-state index in [-0.39, 0.29) is 34.9 Å². The molecule has 152 valence electrons. The Balaban J connectivity index is 1.90. The average Bonchev–Trinajstić information content (AvgIpc) is 3.31. The van der Waals surface area contributed by atoms with Gasteiger partial charge in [0, 0.05) is 27.1 Å². The quantitative estimate of drug-likeness (QED) is 0.316. The van der Waals surface area contributed by atoms with E-state index in [0.29, 0.717) is 10.6 Å². The summed E-state index contributed by atoms with van der Waals surface area (Å²) in [4.78, 5) is 27.9. The van der Waals surface area contributed by atoms with Crippen LogP contribution in [0, 0.1) is 0 Å². The number of aromatic hydroxyl groups is 2. The van der Waals surface area contributed by atoms with Gasteiger partial charge in [0.2, 0.25) is 0 Å². The zero-order valence-electron chi connectivity index (χ0n) is 15.4. The van der Waals surface area contributed by atoms with Gasteiger partial charge in [0.25, 0.3) is 11.7 Å². The Labute approximate surface area is 180 Å². The van der Waals surface area contributed by atoms with Gasteiger partial charge in [-0.25, -0.2) is 0 Å². The van der Waals surface area contributed by atoms with Crippen molar-refractivity contribution in [2.24, 2.45) is 0 Å². The van der Waals surface area contributed by atoms with Gasteiger partial charge in [-0.3, -0.25) is 9.59 Å². The number of rotatable bonds is 4. The van der Waals surface area contributed by atoms with E-state index in [1.54, 1.807) is 12.1 Å². The minimum absolute atomic E-state index is 0.130. The highest BCUT2D eigenvalue weighted by Gasteiger charge is 2.47. The molecule has 8 heteroatoms. The molecule has 3 N–H and O–H groups in total. The molecule has 0 spiro atoms. The summed E-state index contributed by atoms with van der Waals surface area (Å²) in [7, 11) is 0. The molecule has 1 aromatic heterocycles. The van der Waals surface area contributed by atoms with Gasteiger partial charge in [-0.15, -0.1) is 11.3 Å². The highest BCUT2D eigenvalue weighted by Crippen LogP contribution is 2.44. The molecule has 1 saturated heterocycles. The van der Waals surface area contributed by atoms with Crippen molar-refractivity contribution in [3.63, 3.8) is 0 Å². The SMILES string of the molecule is O=C1C(=O)N(Cc2cccs2)C(c2ccc(O)cc2O)/C1=C(\O)c1ccc(Cl)cc1. The normalized spacial score (nSPS) is 18.2. The highest BCUT2D eigenvalue weighted by atomic mass is 35.5. The van der Waals surface area contributed by atoms with E-state index in [0.717, 1.165) is 10.9 Å². The number of Topliss-reactive ketones (excluding diaryl/α,β-unsaturated/α-hetero) is 1. The lowest BCUT2D eigenvalue weighted by molar-refractivity contribution is -0.140. The number of amides is 1. The average molecular weight is 442 g/mol. The summed E-state index contributed by atoms with van der Waals surface area (Å²) < 4.78 is 0. The summed E-state index contributed by atoms with van der Waals surface area (Å²) in [5, 5.41) is 33.3. The predicted molar refractivity (Wildman–Crippen MR) is 113 cm³/mol. The molecule has 0 aliphatic carbocycles. The summed E-state index contributed by atoms with van der Waals surface area (Å²) >= 11 is 7.33. The number of likely N-dealkylation sites (tertiary alicyclic amines) is 1. The number of aliphatic hydroxyl groups is 1. The van der Waals surface area contributed by atoms with Crippen LogP contribution < -0.4 is 0 Å². The van der Waals surface area contributed by atoms with Crippen LogP contribution in [0.4, 0.5) is 0 Å². The number of aliphatic hydroxyl groups excluding tert-OH is 1. The molecule has 30 heavy (non-hydrogen) atoms. The third-order valence-electron chi connectivity index (χ3n) is 4.87. The number of carbonyl (C=O) groups excluding carboxylic acids is 2. The molecule has 2 heterocycles. The number of nitrogens with zero attached hydrogens (tertiary/aromatic N) is 1. The second kappa shape index (κ2) is 7.85. The van der Waals surface area contributed by atoms with Gasteiger partial charge in [0.05, 0.1) is 18.2 Å². The Bertz CT molecular complexity index is 1150. The van der Waals surface area contributed by atoms with Gasteiger partial charge in [-0.1, -0.05) is 17.7 Å². The molecule has 1 amide bonds. The molecule has 2 aromatic carbocycles. The summed E-state index contributed by atoms with van der Waals surface area (Å²) in [6, 6.07) is 12.7. The van der Waals surface area contributed by atoms with E-state index >= 15 is 0 Å². The van der Waals surface area contributed by atoms with Crippen LogP contribution >= 0.6 is 22.9 Å². The fourth-order valence-electron chi connectivity index (χ4n) is 3.46. The van der Waals surface area contributed by atoms with E-state index in [9.17, 15) is 24.9 Å². The number of hydrogen-bond donors (Lipinski definition) is 3. The van der Waals surface area contributed by atoms with Gasteiger partial charge < -0.3 is 20.2 Å². The number of thiophene rings is 1. The Morgan fingerprint density at radius 1 is 1.07 bits per heavy atom. The van der Waals surface area contributed by atoms with Gasteiger partial charge >= 0.3 is 0 Å². The smallest absolute Gasteiger partial charge is 0.295 e. The standard InChI is InChI=1S/C22H16ClNO5S/c23-13-5-3-12(4-6-13)20(27)18-19(16-8-7-14(25)10-17(16)26)24(22(29)21(18)28)11-15-2-1-9-30-15/h1-10,19,25-27H,11H2/b20-18+. The largest absolute Gasteiger partial charge is 0.508 e. The van der Waals surface area contributed by atoms with Crippen LogP contribution in [0.3, 0.4) is 0 Å². The summed E-state index contributed by atoms with van der Waals surface area (Å²) in [5.74, 6) is -2.45. The first-order chi connectivity index (χ1) is 14.4. The first-order valence-electron chi connectivity index (χ1n) is 8.95. The van der Waals surface area contributed by atoms with Crippen molar-refractivity contribution < 1.29 is 24.9 Å². The molecular weight excluding hydrogens is 426 g/mol. The Morgan fingerprint density at radius 2 is 1.80 bits per heavy atom. The molecule has 3 aromatic rings. The molecule has 1 aliphatic rings. The molecular formula is C22H16ClNO5S. The maximum atomic E-state index is 12.9. The zero-order chi connectivity index (χ0) is 21.4. The Hall–Kier alpha value is -3.29. The number of benzene rings is 2. The minimum Gasteiger partial charge on any atom is -0.508 e. The van der Waals surface area contributed by atoms with Crippen molar-refractivity contribution in [3.05, 3.63) is 86.6 Å². The molecule has 1 aliphatic heterocycles. The third-order valence-corrected chi connectivity index (χ3v) is 5.99. The Kier molecular flexibility index (Phi) is 5.24. The molecule has 1 atom stereocenters. The van der Waals surface area contributed by atoms with Crippen molar-refractivity contribution in [1.82, 2.24) is 4.90 Å². The van der Waals surface area contributed by atoms with Crippen molar-refractivity contribution in [2.45, 2.75) is 12.6 Å². The van der Waals surface area contributed by atoms with Crippen LogP contribution in [-0.4, -0.2) is 31.9 Å². The maximum absolute atomic E-state index is 12.9. The molecule has 0 saturated carbocycles. The fourth-order valence-corrected chi connectivity index (χ4v) is 4.29. The number of carbonyl (C=O) groups is 2. The summed E-state index contributed by atoms with van der Waals surface area (Å²) in [5.41, 5.74) is 0.399. The monoisotopic (exact) mass is 441 g/mol. The van der Waals surface area contributed by atoms with Crippen LogP contribution in [0.5, 0.6) is 11.5 Å². The summed E-state index contributed by atoms with van der Waals surface area (Å²) in [6.45, 7) is 0.130. The van der Waals surface area contributed by atoms with Gasteiger partial charge in [-0.05, 0) is 47.8 Å². The van der Waals surface area contributed by atoms with E-state index in [2.05, 4.69) is 0 Å². The first-order valence-corrected chi connectivity index (χ1v) is 10.2. The number of halogens is 1. The molecule has 4 rings (SSSR count). The molecule has 0 bridgehead atoms. The lowest BCUT2D eigenvalue weighted by Gasteiger charge is -2.25. The molecule has 0 radical (unpaired) electrons. The van der Waals surface area contributed by atoms with E-state index in [1.165, 1.54) is 40.5 Å². The van der Waals surface area contributed by atoms with Crippen molar-refractivity contribution >= 4 is 40.4 Å². The van der Waals surface area contributed by atoms with Crippen LogP contribution in [0.15, 0.2) is 65.6 Å². The zero-order valence-corrected chi connectivity index (χ0v) is 17.0. The third kappa shape index (κ3) is 3.53. The van der Waals surface area contributed by atoms with Crippen molar-refractivity contribution in [1.29, 1.82) is 0 Å². The van der Waals surface area contributed by atoms with Gasteiger partial charge in [0.1, 0.15) is 17.3 Å². The molecule has 6 nitrogen and oxygen atoms in total. The lowest BCUT2D eigenvalue weighted by atomic mass is 9.94. The lowest BCUT2D eigenvalue weighted by Crippen LogP contribution is -2.28.